The van der Waals surface area contributed by atoms with Crippen molar-refractivity contribution in [3.63, 3.8) is 0 Å². The number of rotatable bonds is 5. The van der Waals surface area contributed by atoms with Gasteiger partial charge in [0.15, 0.2) is 23.2 Å². The Bertz CT molecular complexity index is 817. The Morgan fingerprint density at radius 3 is 2.78 bits per heavy atom. The van der Waals surface area contributed by atoms with Crippen LogP contribution in [0, 0.1) is 11.6 Å². The van der Waals surface area contributed by atoms with E-state index in [-0.39, 0.29) is 24.3 Å². The highest BCUT2D eigenvalue weighted by Gasteiger charge is 2.22. The molecule has 2 aliphatic heterocycles. The summed E-state index contributed by atoms with van der Waals surface area (Å²) in [5.74, 6) is -2.64. The fourth-order valence-electron chi connectivity index (χ4n) is 2.88. The van der Waals surface area contributed by atoms with E-state index < -0.39 is 23.3 Å². The number of methoxy groups -OCH3 is 1. The second-order valence-electron chi connectivity index (χ2n) is 6.09. The number of hydrogen-bond acceptors (Lipinski definition) is 6. The third-order valence-electron chi connectivity index (χ3n) is 4.17. The number of anilines is 1. The molecule has 27 heavy (non-hydrogen) atoms. The fourth-order valence-corrected chi connectivity index (χ4v) is 2.88. The van der Waals surface area contributed by atoms with Crippen LogP contribution in [0.1, 0.15) is 12.8 Å². The number of nitrogens with one attached hydrogen (secondary N) is 1. The van der Waals surface area contributed by atoms with E-state index in [0.717, 1.165) is 19.2 Å². The van der Waals surface area contributed by atoms with E-state index >= 15 is 0 Å². The number of carbonyl (C=O) groups excluding carboxylic acids is 2. The first-order valence-corrected chi connectivity index (χ1v) is 8.43. The van der Waals surface area contributed by atoms with Crippen molar-refractivity contribution in [1.82, 2.24) is 4.90 Å². The van der Waals surface area contributed by atoms with Gasteiger partial charge in [0.1, 0.15) is 5.82 Å². The Morgan fingerprint density at radius 1 is 1.33 bits per heavy atom. The van der Waals surface area contributed by atoms with Crippen LogP contribution in [-0.2, 0) is 14.3 Å². The fraction of sp³-hybridized carbons (Fsp3) is 0.389. The number of ketones is 1. The molecule has 9 heteroatoms. The summed E-state index contributed by atoms with van der Waals surface area (Å²) >= 11 is 0. The molecule has 0 saturated carbocycles. The standard InChI is InChI=1S/C18H19F2N3O4/c1-26-18-13(19)2-3-14(17(18)20)22-16(25)9-11-8-12(24)10-15(21-11)23-4-6-27-7-5-23/h2-3,10H,4-9H2,1H3,(H,22,25). The van der Waals surface area contributed by atoms with Crippen LogP contribution in [0.4, 0.5) is 14.5 Å². The van der Waals surface area contributed by atoms with Gasteiger partial charge < -0.3 is 19.7 Å². The van der Waals surface area contributed by atoms with Crippen molar-refractivity contribution < 1.29 is 27.8 Å². The summed E-state index contributed by atoms with van der Waals surface area (Å²) < 4.78 is 37.5. The van der Waals surface area contributed by atoms with Crippen molar-refractivity contribution in [2.75, 3.05) is 38.7 Å². The predicted molar refractivity (Wildman–Crippen MR) is 93.7 cm³/mol. The molecule has 0 spiro atoms. The number of hydrogen-bond donors (Lipinski definition) is 1. The first kappa shape index (κ1) is 19.0. The van der Waals surface area contributed by atoms with E-state index in [0.29, 0.717) is 37.8 Å². The number of allylic oxidation sites excluding steroid dienone is 1. The zero-order valence-corrected chi connectivity index (χ0v) is 14.8. The van der Waals surface area contributed by atoms with Crippen LogP contribution in [0.15, 0.2) is 29.0 Å². The highest BCUT2D eigenvalue weighted by atomic mass is 19.1. The van der Waals surface area contributed by atoms with Gasteiger partial charge in [-0.1, -0.05) is 0 Å². The lowest BCUT2D eigenvalue weighted by atomic mass is 10.1. The van der Waals surface area contributed by atoms with Crippen LogP contribution < -0.4 is 10.1 Å². The van der Waals surface area contributed by atoms with Crippen molar-refractivity contribution in [3.05, 3.63) is 35.7 Å². The maximum absolute atomic E-state index is 14.1. The van der Waals surface area contributed by atoms with Gasteiger partial charge in [0.05, 0.1) is 32.4 Å². The van der Waals surface area contributed by atoms with Crippen LogP contribution in [0.2, 0.25) is 0 Å². The first-order chi connectivity index (χ1) is 13.0. The molecule has 7 nitrogen and oxygen atoms in total. The molecule has 1 fully saturated rings. The van der Waals surface area contributed by atoms with Gasteiger partial charge in [-0.05, 0) is 12.1 Å². The minimum absolute atomic E-state index is 0.0243. The summed E-state index contributed by atoms with van der Waals surface area (Å²) in [4.78, 5) is 30.5. The van der Waals surface area contributed by atoms with Gasteiger partial charge in [-0.15, -0.1) is 0 Å². The topological polar surface area (TPSA) is 80.2 Å². The summed E-state index contributed by atoms with van der Waals surface area (Å²) in [5, 5.41) is 2.36. The zero-order chi connectivity index (χ0) is 19.4. The lowest BCUT2D eigenvalue weighted by Crippen LogP contribution is -2.36. The molecule has 0 aromatic heterocycles. The van der Waals surface area contributed by atoms with Gasteiger partial charge in [-0.25, -0.2) is 13.8 Å². The molecule has 2 heterocycles. The van der Waals surface area contributed by atoms with Gasteiger partial charge >= 0.3 is 0 Å². The minimum atomic E-state index is -0.999. The SMILES string of the molecule is COc1c(F)ccc(NC(=O)CC2=NC(N3CCOCC3)=CC(=O)C2)c1F. The van der Waals surface area contributed by atoms with E-state index in [1.165, 1.54) is 6.08 Å². The van der Waals surface area contributed by atoms with Gasteiger partial charge in [0, 0.05) is 31.3 Å². The molecule has 1 saturated heterocycles. The molecule has 0 atom stereocenters. The summed E-state index contributed by atoms with van der Waals surface area (Å²) in [5.41, 5.74) is 0.181. The Hall–Kier alpha value is -2.81. The molecule has 3 rings (SSSR count). The van der Waals surface area contributed by atoms with Crippen molar-refractivity contribution in [2.24, 2.45) is 4.99 Å². The second-order valence-corrected chi connectivity index (χ2v) is 6.09. The van der Waals surface area contributed by atoms with Crippen molar-refractivity contribution in [3.8, 4) is 5.75 Å². The summed E-state index contributed by atoms with van der Waals surface area (Å²) in [6.45, 7) is 2.32. The Labute approximate surface area is 154 Å². The van der Waals surface area contributed by atoms with Crippen LogP contribution in [-0.4, -0.2) is 55.7 Å². The molecule has 0 aliphatic carbocycles. The van der Waals surface area contributed by atoms with E-state index in [1.54, 1.807) is 0 Å². The van der Waals surface area contributed by atoms with Gasteiger partial charge in [0.2, 0.25) is 5.91 Å². The molecule has 1 amide bonds. The molecule has 1 N–H and O–H groups in total. The number of morpholine rings is 1. The quantitative estimate of drug-likeness (QED) is 0.845. The maximum atomic E-state index is 14.1. The molecule has 1 aromatic carbocycles. The number of ether oxygens (including phenoxy) is 2. The number of benzene rings is 1. The molecule has 0 bridgehead atoms. The lowest BCUT2D eigenvalue weighted by Gasteiger charge is -2.30. The third-order valence-corrected chi connectivity index (χ3v) is 4.17. The Kier molecular flexibility index (Phi) is 5.80. The largest absolute Gasteiger partial charge is 0.491 e. The van der Waals surface area contributed by atoms with Crippen LogP contribution in [0.5, 0.6) is 5.75 Å². The Morgan fingerprint density at radius 2 is 2.07 bits per heavy atom. The lowest BCUT2D eigenvalue weighted by molar-refractivity contribution is -0.115. The molecular weight excluding hydrogens is 360 g/mol. The van der Waals surface area contributed by atoms with Gasteiger partial charge in [-0.3, -0.25) is 9.59 Å². The third kappa shape index (κ3) is 4.48. The maximum Gasteiger partial charge on any atom is 0.230 e. The first-order valence-electron chi connectivity index (χ1n) is 8.43. The van der Waals surface area contributed by atoms with Crippen molar-refractivity contribution in [1.29, 1.82) is 0 Å². The van der Waals surface area contributed by atoms with E-state index in [4.69, 9.17) is 4.74 Å². The smallest absolute Gasteiger partial charge is 0.230 e. The predicted octanol–water partition coefficient (Wildman–Crippen LogP) is 1.89. The van der Waals surface area contributed by atoms with Crippen molar-refractivity contribution >= 4 is 23.1 Å². The number of aliphatic imine (C=N–C) groups is 1. The van der Waals surface area contributed by atoms with E-state index in [9.17, 15) is 18.4 Å². The second kappa shape index (κ2) is 8.26. The normalized spacial score (nSPS) is 17.3. The van der Waals surface area contributed by atoms with Gasteiger partial charge in [0.25, 0.3) is 0 Å². The summed E-state index contributed by atoms with van der Waals surface area (Å²) in [6.07, 6.45) is 1.31. The van der Waals surface area contributed by atoms with E-state index in [2.05, 4.69) is 15.0 Å². The van der Waals surface area contributed by atoms with Crippen LogP contribution >= 0.6 is 0 Å². The average Bonchev–Trinajstić information content (AvgIpc) is 2.65. The molecule has 1 aromatic rings. The number of amides is 1. The zero-order valence-electron chi connectivity index (χ0n) is 14.8. The monoisotopic (exact) mass is 379 g/mol. The Balaban J connectivity index is 1.69. The summed E-state index contributed by atoms with van der Waals surface area (Å²) in [7, 11) is 1.13. The molecular formula is C18H19F2N3O4. The molecule has 144 valence electrons. The molecule has 0 radical (unpaired) electrons. The minimum Gasteiger partial charge on any atom is -0.491 e. The highest BCUT2D eigenvalue weighted by Crippen LogP contribution is 2.27. The molecule has 0 unspecified atom stereocenters. The van der Waals surface area contributed by atoms with Crippen LogP contribution in [0.3, 0.4) is 0 Å². The van der Waals surface area contributed by atoms with Gasteiger partial charge in [-0.2, -0.15) is 0 Å². The highest BCUT2D eigenvalue weighted by molar-refractivity contribution is 6.16. The van der Waals surface area contributed by atoms with Crippen molar-refractivity contribution in [2.45, 2.75) is 12.8 Å². The number of nitrogens with zero attached hydrogens (tertiary/aromatic N) is 2. The number of halogens is 2. The van der Waals surface area contributed by atoms with E-state index in [1.807, 2.05) is 4.90 Å². The summed E-state index contributed by atoms with van der Waals surface area (Å²) in [6, 6.07) is 2.11. The number of carbonyl (C=O) groups is 2. The van der Waals surface area contributed by atoms with Crippen LogP contribution in [0.25, 0.3) is 0 Å². The molecule has 2 aliphatic rings. The average molecular weight is 379 g/mol.